The van der Waals surface area contributed by atoms with Crippen molar-refractivity contribution in [3.05, 3.63) is 42.2 Å². The number of morpholine rings is 1. The third kappa shape index (κ3) is 3.47. The van der Waals surface area contributed by atoms with Gasteiger partial charge in [-0.25, -0.2) is 15.0 Å². The van der Waals surface area contributed by atoms with Gasteiger partial charge in [0.1, 0.15) is 5.82 Å². The van der Waals surface area contributed by atoms with Crippen LogP contribution in [0.25, 0.3) is 11.3 Å². The number of nitrogens with two attached hydrogens (primary N) is 1. The molecule has 0 spiro atoms. The molecule has 0 atom stereocenters. The van der Waals surface area contributed by atoms with Gasteiger partial charge in [0.05, 0.1) is 18.9 Å². The van der Waals surface area contributed by atoms with Crippen LogP contribution in [0.5, 0.6) is 0 Å². The number of thiol groups is 1. The second-order valence-electron chi connectivity index (χ2n) is 7.02. The second kappa shape index (κ2) is 7.49. The van der Waals surface area contributed by atoms with E-state index in [0.29, 0.717) is 19.2 Å². The number of hydrogen-bond acceptors (Lipinski definition) is 9. The lowest BCUT2D eigenvalue weighted by atomic mass is 10.1. The first kappa shape index (κ1) is 18.1. The van der Waals surface area contributed by atoms with Gasteiger partial charge in [-0.15, -0.1) is 12.6 Å². The van der Waals surface area contributed by atoms with Crippen LogP contribution in [0, 0.1) is 0 Å². The summed E-state index contributed by atoms with van der Waals surface area (Å²) in [5.41, 5.74) is 9.59. The predicted molar refractivity (Wildman–Crippen MR) is 115 cm³/mol. The Morgan fingerprint density at radius 2 is 1.69 bits per heavy atom. The van der Waals surface area contributed by atoms with Crippen molar-refractivity contribution in [1.82, 2.24) is 19.9 Å². The highest BCUT2D eigenvalue weighted by atomic mass is 32.1. The average molecular weight is 408 g/mol. The molecule has 3 aromatic rings. The summed E-state index contributed by atoms with van der Waals surface area (Å²) >= 11 is 4.40. The molecule has 0 bridgehead atoms. The van der Waals surface area contributed by atoms with Gasteiger partial charge in [-0.1, -0.05) is 0 Å². The smallest absolute Gasteiger partial charge is 0.228 e. The molecule has 9 heteroatoms. The van der Waals surface area contributed by atoms with Gasteiger partial charge < -0.3 is 20.3 Å². The largest absolute Gasteiger partial charge is 0.378 e. The van der Waals surface area contributed by atoms with Crippen molar-refractivity contribution < 1.29 is 4.74 Å². The zero-order chi connectivity index (χ0) is 19.8. The first-order chi connectivity index (χ1) is 14.2. The van der Waals surface area contributed by atoms with Crippen LogP contribution in [0.2, 0.25) is 0 Å². The highest BCUT2D eigenvalue weighted by Crippen LogP contribution is 2.39. The van der Waals surface area contributed by atoms with E-state index < -0.39 is 0 Å². The third-order valence-electron chi connectivity index (χ3n) is 5.22. The number of rotatable bonds is 3. The average Bonchev–Trinajstić information content (AvgIpc) is 3.19. The van der Waals surface area contributed by atoms with E-state index in [2.05, 4.69) is 44.5 Å². The number of fused-ring (bicyclic) bond motifs is 1. The number of aromatic nitrogens is 4. The van der Waals surface area contributed by atoms with Crippen LogP contribution in [-0.4, -0.2) is 52.8 Å². The molecule has 1 fully saturated rings. The first-order valence-electron chi connectivity index (χ1n) is 9.57. The number of anilines is 4. The maximum absolute atomic E-state index is 5.68. The molecule has 1 aromatic carbocycles. The Kier molecular flexibility index (Phi) is 4.69. The molecule has 148 valence electrons. The van der Waals surface area contributed by atoms with Crippen molar-refractivity contribution in [2.45, 2.75) is 11.3 Å². The van der Waals surface area contributed by atoms with Gasteiger partial charge in [0, 0.05) is 53.7 Å². The highest BCUT2D eigenvalue weighted by molar-refractivity contribution is 7.80. The lowest BCUT2D eigenvalue weighted by Gasteiger charge is -2.28. The molecule has 0 unspecified atom stereocenters. The fraction of sp³-hybridized carbons (Fsp3) is 0.300. The van der Waals surface area contributed by atoms with E-state index in [4.69, 9.17) is 20.4 Å². The Bertz CT molecular complexity index is 1020. The van der Waals surface area contributed by atoms with Gasteiger partial charge in [-0.2, -0.15) is 4.98 Å². The summed E-state index contributed by atoms with van der Waals surface area (Å²) in [7, 11) is 0. The molecule has 0 saturated carbocycles. The molecule has 2 N–H and O–H groups in total. The van der Waals surface area contributed by atoms with Crippen LogP contribution in [-0.2, 0) is 11.2 Å². The first-order valence-corrected chi connectivity index (χ1v) is 10.0. The monoisotopic (exact) mass is 407 g/mol. The zero-order valence-corrected chi connectivity index (χ0v) is 16.7. The summed E-state index contributed by atoms with van der Waals surface area (Å²) in [6.45, 7) is 3.72. The van der Waals surface area contributed by atoms with E-state index in [1.54, 1.807) is 12.4 Å². The standard InChI is InChI=1S/C20H21N7OS/c21-19-22-11-13(12-23-19)17-16-5-6-27(14-1-3-15(29)4-2-14)18(16)25-20(24-17)26-7-9-28-10-8-26/h1-4,11-12,29H,5-10H2,(H2,21,22,23). The van der Waals surface area contributed by atoms with Crippen molar-refractivity contribution in [3.8, 4) is 11.3 Å². The van der Waals surface area contributed by atoms with E-state index in [-0.39, 0.29) is 5.95 Å². The van der Waals surface area contributed by atoms with Crippen LogP contribution < -0.4 is 15.5 Å². The van der Waals surface area contributed by atoms with Crippen molar-refractivity contribution in [1.29, 1.82) is 0 Å². The fourth-order valence-corrected chi connectivity index (χ4v) is 3.88. The maximum atomic E-state index is 5.68. The van der Waals surface area contributed by atoms with Gasteiger partial charge in [0.25, 0.3) is 0 Å². The van der Waals surface area contributed by atoms with Gasteiger partial charge in [0.2, 0.25) is 11.9 Å². The summed E-state index contributed by atoms with van der Waals surface area (Å²) in [6.07, 6.45) is 4.31. The molecule has 1 saturated heterocycles. The molecule has 4 heterocycles. The van der Waals surface area contributed by atoms with Crippen LogP contribution in [0.1, 0.15) is 5.56 Å². The molecular weight excluding hydrogens is 386 g/mol. The van der Waals surface area contributed by atoms with E-state index in [1.807, 2.05) is 12.1 Å². The SMILES string of the molecule is Nc1ncc(-c2nc(N3CCOCC3)nc3c2CCN3c2ccc(S)cc2)cn1. The number of ether oxygens (including phenoxy) is 1. The zero-order valence-electron chi connectivity index (χ0n) is 15.8. The number of nitrogens with zero attached hydrogens (tertiary/aromatic N) is 6. The summed E-state index contributed by atoms with van der Waals surface area (Å²) in [5.74, 6) is 1.89. The van der Waals surface area contributed by atoms with E-state index in [9.17, 15) is 0 Å². The summed E-state index contributed by atoms with van der Waals surface area (Å²) in [6, 6.07) is 8.13. The molecule has 29 heavy (non-hydrogen) atoms. The van der Waals surface area contributed by atoms with Crippen LogP contribution in [0.3, 0.4) is 0 Å². The Morgan fingerprint density at radius 1 is 0.966 bits per heavy atom. The maximum Gasteiger partial charge on any atom is 0.228 e. The van der Waals surface area contributed by atoms with E-state index in [0.717, 1.165) is 59.3 Å². The molecule has 0 amide bonds. The fourth-order valence-electron chi connectivity index (χ4n) is 3.73. The molecule has 0 radical (unpaired) electrons. The number of benzene rings is 1. The number of hydrogen-bond donors (Lipinski definition) is 2. The van der Waals surface area contributed by atoms with Crippen molar-refractivity contribution in [3.63, 3.8) is 0 Å². The Labute approximate surface area is 174 Å². The minimum absolute atomic E-state index is 0.251. The van der Waals surface area contributed by atoms with Crippen molar-refractivity contribution >= 4 is 36.0 Å². The lowest BCUT2D eigenvalue weighted by molar-refractivity contribution is 0.122. The molecule has 8 nitrogen and oxygen atoms in total. The van der Waals surface area contributed by atoms with Crippen molar-refractivity contribution in [2.75, 3.05) is 48.4 Å². The predicted octanol–water partition coefficient (Wildman–Crippen LogP) is 2.34. The highest BCUT2D eigenvalue weighted by Gasteiger charge is 2.29. The summed E-state index contributed by atoms with van der Waals surface area (Å²) in [5, 5.41) is 0. The van der Waals surface area contributed by atoms with Crippen LogP contribution >= 0.6 is 12.6 Å². The third-order valence-corrected chi connectivity index (χ3v) is 5.51. The molecule has 0 aliphatic carbocycles. The van der Waals surface area contributed by atoms with Crippen LogP contribution in [0.4, 0.5) is 23.4 Å². The molecule has 5 rings (SSSR count). The quantitative estimate of drug-likeness (QED) is 0.639. The van der Waals surface area contributed by atoms with Crippen LogP contribution in [0.15, 0.2) is 41.6 Å². The minimum atomic E-state index is 0.251. The van der Waals surface area contributed by atoms with E-state index in [1.165, 1.54) is 0 Å². The van der Waals surface area contributed by atoms with Gasteiger partial charge in [0.15, 0.2) is 0 Å². The molecule has 2 aromatic heterocycles. The molecule has 2 aliphatic heterocycles. The lowest BCUT2D eigenvalue weighted by Crippen LogP contribution is -2.37. The van der Waals surface area contributed by atoms with E-state index >= 15 is 0 Å². The Hall–Kier alpha value is -2.91. The van der Waals surface area contributed by atoms with Gasteiger partial charge in [-0.05, 0) is 30.7 Å². The topological polar surface area (TPSA) is 93.3 Å². The summed E-state index contributed by atoms with van der Waals surface area (Å²) < 4.78 is 5.49. The van der Waals surface area contributed by atoms with Gasteiger partial charge >= 0.3 is 0 Å². The molecule has 2 aliphatic rings. The van der Waals surface area contributed by atoms with Gasteiger partial charge in [-0.3, -0.25) is 0 Å². The summed E-state index contributed by atoms with van der Waals surface area (Å²) in [4.78, 5) is 23.5. The Morgan fingerprint density at radius 3 is 2.41 bits per heavy atom. The number of nitrogen functional groups attached to an aromatic ring is 1. The normalized spacial score (nSPS) is 16.2. The second-order valence-corrected chi connectivity index (χ2v) is 7.54. The van der Waals surface area contributed by atoms with Crippen molar-refractivity contribution in [2.24, 2.45) is 0 Å². The minimum Gasteiger partial charge on any atom is -0.378 e. The molecular formula is C20H21N7OS. The Balaban J connectivity index is 1.63.